The number of halogens is 4. The van der Waals surface area contributed by atoms with Gasteiger partial charge >= 0.3 is 6.18 Å². The molecule has 0 saturated carbocycles. The van der Waals surface area contributed by atoms with E-state index >= 15 is 0 Å². The van der Waals surface area contributed by atoms with E-state index in [0.717, 1.165) is 18.3 Å². The summed E-state index contributed by atoms with van der Waals surface area (Å²) < 4.78 is 58.1. The van der Waals surface area contributed by atoms with E-state index in [9.17, 15) is 32.9 Å². The summed E-state index contributed by atoms with van der Waals surface area (Å²) >= 11 is 0. The monoisotopic (exact) mass is 489 g/mol. The first kappa shape index (κ1) is 24.5. The number of aliphatic hydroxyl groups is 3. The first-order chi connectivity index (χ1) is 16.5. The first-order valence-electron chi connectivity index (χ1n) is 10.6. The van der Waals surface area contributed by atoms with Crippen molar-refractivity contribution in [2.24, 2.45) is 0 Å². The van der Waals surface area contributed by atoms with E-state index in [1.165, 1.54) is 41.0 Å². The van der Waals surface area contributed by atoms with E-state index in [2.05, 4.69) is 5.32 Å². The molecule has 6 N–H and O–H groups in total. The topological polar surface area (TPSA) is 104 Å². The Morgan fingerprint density at radius 3 is 2.31 bits per heavy atom. The van der Waals surface area contributed by atoms with Crippen molar-refractivity contribution in [1.82, 2.24) is 4.57 Å². The van der Waals surface area contributed by atoms with Gasteiger partial charge in [-0.2, -0.15) is 13.2 Å². The molecule has 0 saturated heterocycles. The van der Waals surface area contributed by atoms with Crippen LogP contribution >= 0.6 is 0 Å². The number of hydrogen-bond donors (Lipinski definition) is 5. The summed E-state index contributed by atoms with van der Waals surface area (Å²) in [5.74, 6) is -0.445. The predicted molar refractivity (Wildman–Crippen MR) is 125 cm³/mol. The van der Waals surface area contributed by atoms with Crippen molar-refractivity contribution in [1.29, 1.82) is 0 Å². The molecule has 35 heavy (non-hydrogen) atoms. The highest BCUT2D eigenvalue weighted by Gasteiger charge is 2.57. The lowest BCUT2D eigenvalue weighted by molar-refractivity contribution is -0.247. The third-order valence-electron chi connectivity index (χ3n) is 5.80. The van der Waals surface area contributed by atoms with Gasteiger partial charge in [-0.15, -0.1) is 0 Å². The maximum atomic E-state index is 14.5. The highest BCUT2D eigenvalue weighted by atomic mass is 19.4. The van der Waals surface area contributed by atoms with Gasteiger partial charge in [-0.1, -0.05) is 24.3 Å². The molecule has 6 nitrogen and oxygen atoms in total. The van der Waals surface area contributed by atoms with E-state index in [-0.39, 0.29) is 23.3 Å². The molecule has 2 atom stereocenters. The van der Waals surface area contributed by atoms with Gasteiger partial charge in [-0.3, -0.25) is 0 Å². The number of rotatable bonds is 7. The summed E-state index contributed by atoms with van der Waals surface area (Å²) in [6.45, 7) is -0.752. The fourth-order valence-corrected chi connectivity index (χ4v) is 4.03. The first-order valence-corrected chi connectivity index (χ1v) is 10.6. The minimum absolute atomic E-state index is 0.0612. The lowest BCUT2D eigenvalue weighted by Crippen LogP contribution is -2.43. The maximum Gasteiger partial charge on any atom is 0.425 e. The van der Waals surface area contributed by atoms with Crippen molar-refractivity contribution < 1.29 is 32.9 Å². The van der Waals surface area contributed by atoms with Crippen LogP contribution in [0.15, 0.2) is 72.9 Å². The Labute approximate surface area is 197 Å². The Hall–Kier alpha value is -3.60. The van der Waals surface area contributed by atoms with Gasteiger partial charge in [0, 0.05) is 28.4 Å². The number of fused-ring (bicyclic) bond motifs is 1. The largest absolute Gasteiger partial charge is 0.425 e. The molecule has 3 aromatic carbocycles. The Bertz CT molecular complexity index is 1340. The molecule has 1 heterocycles. The lowest BCUT2D eigenvalue weighted by atomic mass is 9.85. The quantitative estimate of drug-likeness (QED) is 0.197. The second kappa shape index (κ2) is 9.21. The van der Waals surface area contributed by atoms with E-state index in [1.807, 2.05) is 0 Å². The minimum Gasteiger partial charge on any atom is -0.397 e. The van der Waals surface area contributed by atoms with Crippen LogP contribution < -0.4 is 11.1 Å². The summed E-state index contributed by atoms with van der Waals surface area (Å²) in [4.78, 5) is 0. The second-order valence-electron chi connectivity index (χ2n) is 8.19. The fourth-order valence-electron chi connectivity index (χ4n) is 4.03. The molecule has 2 unspecified atom stereocenters. The Kier molecular flexibility index (Phi) is 6.46. The van der Waals surface area contributed by atoms with E-state index in [0.29, 0.717) is 11.2 Å². The number of benzene rings is 3. The fraction of sp³-hybridized carbons (Fsp3) is 0.200. The molecule has 0 aliphatic heterocycles. The van der Waals surface area contributed by atoms with Crippen molar-refractivity contribution in [3.63, 3.8) is 0 Å². The Morgan fingerprint density at radius 2 is 1.69 bits per heavy atom. The number of hydrogen-bond acceptors (Lipinski definition) is 5. The number of nitrogens with two attached hydrogens (primary N) is 1. The van der Waals surface area contributed by atoms with Crippen LogP contribution in [0.4, 0.5) is 34.6 Å². The molecule has 4 rings (SSSR count). The van der Waals surface area contributed by atoms with Gasteiger partial charge in [0.2, 0.25) is 5.60 Å². The molecule has 0 aliphatic rings. The number of anilines is 3. The van der Waals surface area contributed by atoms with Crippen LogP contribution in [0.3, 0.4) is 0 Å². The molecule has 1 aromatic heterocycles. The lowest BCUT2D eigenvalue weighted by Gasteiger charge is -2.31. The minimum atomic E-state index is -5.13. The summed E-state index contributed by atoms with van der Waals surface area (Å²) in [6.07, 6.45) is -5.21. The average Bonchev–Trinajstić information content (AvgIpc) is 3.19. The third kappa shape index (κ3) is 4.55. The van der Waals surface area contributed by atoms with Crippen molar-refractivity contribution in [3.05, 3.63) is 89.9 Å². The second-order valence-corrected chi connectivity index (χ2v) is 8.19. The molecule has 0 bridgehead atoms. The van der Waals surface area contributed by atoms with Crippen LogP contribution in [0, 0.1) is 5.82 Å². The molecular formula is C25H23F4N3O3. The smallest absolute Gasteiger partial charge is 0.397 e. The summed E-state index contributed by atoms with van der Waals surface area (Å²) in [5, 5.41) is 33.3. The predicted octanol–water partition coefficient (Wildman–Crippen LogP) is 4.26. The summed E-state index contributed by atoms with van der Waals surface area (Å²) in [7, 11) is 0. The average molecular weight is 489 g/mol. The van der Waals surface area contributed by atoms with Crippen LogP contribution in [0.5, 0.6) is 0 Å². The molecule has 0 amide bonds. The standard InChI is InChI=1S/C25H23F4N3O3/c26-16-6-8-17(9-7-16)31-22-10-5-15(11-21(22)30)24(35,25(27,28)29)20-13-32(12-18(34)14-33)23-4-2-1-3-19(20)23/h1-11,13,18,31,33-35H,12,14,30H2. The Balaban J connectivity index is 1.82. The van der Waals surface area contributed by atoms with Crippen molar-refractivity contribution in [2.75, 3.05) is 17.7 Å². The van der Waals surface area contributed by atoms with Crippen LogP contribution in [0.1, 0.15) is 11.1 Å². The maximum absolute atomic E-state index is 14.5. The van der Waals surface area contributed by atoms with Gasteiger partial charge in [-0.25, -0.2) is 4.39 Å². The van der Waals surface area contributed by atoms with Gasteiger partial charge in [0.15, 0.2) is 0 Å². The van der Waals surface area contributed by atoms with Gasteiger partial charge in [0.05, 0.1) is 30.6 Å². The van der Waals surface area contributed by atoms with Crippen molar-refractivity contribution in [3.8, 4) is 0 Å². The molecule has 4 aromatic rings. The van der Waals surface area contributed by atoms with E-state index in [1.54, 1.807) is 18.2 Å². The van der Waals surface area contributed by atoms with Crippen LogP contribution in [-0.4, -0.2) is 38.8 Å². The van der Waals surface area contributed by atoms with Crippen molar-refractivity contribution >= 4 is 28.0 Å². The molecular weight excluding hydrogens is 466 g/mol. The van der Waals surface area contributed by atoms with Gasteiger partial charge in [-0.05, 0) is 48.0 Å². The number of para-hydroxylation sites is 1. The summed E-state index contributed by atoms with van der Waals surface area (Å²) in [5.41, 5.74) is 2.71. The number of alkyl halides is 3. The van der Waals surface area contributed by atoms with Gasteiger partial charge in [0.1, 0.15) is 5.82 Å². The highest BCUT2D eigenvalue weighted by molar-refractivity contribution is 5.86. The number of nitrogen functional groups attached to an aromatic ring is 1. The zero-order chi connectivity index (χ0) is 25.4. The number of aliphatic hydroxyl groups excluding tert-OH is 2. The zero-order valence-electron chi connectivity index (χ0n) is 18.3. The zero-order valence-corrected chi connectivity index (χ0v) is 18.3. The highest BCUT2D eigenvalue weighted by Crippen LogP contribution is 2.48. The van der Waals surface area contributed by atoms with E-state index < -0.39 is 41.4 Å². The number of nitrogens with one attached hydrogen (secondary N) is 1. The van der Waals surface area contributed by atoms with E-state index in [4.69, 9.17) is 5.73 Å². The molecule has 0 radical (unpaired) electrons. The van der Waals surface area contributed by atoms with Crippen LogP contribution in [-0.2, 0) is 12.1 Å². The third-order valence-corrected chi connectivity index (χ3v) is 5.80. The SMILES string of the molecule is Nc1cc(C(O)(c2cn(CC(O)CO)c3ccccc23)C(F)(F)F)ccc1Nc1ccc(F)cc1. The number of aromatic nitrogens is 1. The Morgan fingerprint density at radius 1 is 1.00 bits per heavy atom. The van der Waals surface area contributed by atoms with Crippen LogP contribution in [0.2, 0.25) is 0 Å². The van der Waals surface area contributed by atoms with Gasteiger partial charge in [0.25, 0.3) is 0 Å². The number of nitrogens with zero attached hydrogens (tertiary/aromatic N) is 1. The molecule has 0 spiro atoms. The van der Waals surface area contributed by atoms with Crippen molar-refractivity contribution in [2.45, 2.75) is 24.4 Å². The van der Waals surface area contributed by atoms with Crippen LogP contribution in [0.25, 0.3) is 10.9 Å². The molecule has 10 heteroatoms. The summed E-state index contributed by atoms with van der Waals surface area (Å²) in [6, 6.07) is 15.0. The molecule has 0 fully saturated rings. The molecule has 0 aliphatic carbocycles. The normalized spacial score (nSPS) is 14.6. The van der Waals surface area contributed by atoms with Gasteiger partial charge < -0.3 is 30.9 Å². The molecule has 184 valence electrons.